The first-order valence-corrected chi connectivity index (χ1v) is 6.91. The van der Waals surface area contributed by atoms with Crippen molar-refractivity contribution in [2.45, 2.75) is 19.4 Å². The Morgan fingerprint density at radius 3 is 2.44 bits per heavy atom. The summed E-state index contributed by atoms with van der Waals surface area (Å²) in [7, 11) is 0. The van der Waals surface area contributed by atoms with E-state index in [9.17, 15) is 5.11 Å². The molecule has 0 fully saturated rings. The Kier molecular flexibility index (Phi) is 4.44. The third kappa shape index (κ3) is 3.58. The van der Waals surface area contributed by atoms with Crippen molar-refractivity contribution in [1.82, 2.24) is 0 Å². The molecule has 3 heteroatoms. The van der Waals surface area contributed by atoms with E-state index in [0.29, 0.717) is 11.4 Å². The molecule has 0 spiro atoms. The lowest BCUT2D eigenvalue weighted by Gasteiger charge is -2.12. The average molecular weight is 326 g/mol. The minimum absolute atomic E-state index is 0.524. The summed E-state index contributed by atoms with van der Waals surface area (Å²) in [6.45, 7) is 1.97. The Hall–Kier alpha value is -0.830. The topological polar surface area (TPSA) is 20.2 Å². The van der Waals surface area contributed by atoms with Crippen molar-refractivity contribution in [2.75, 3.05) is 0 Å². The molecule has 0 radical (unpaired) electrons. The molecule has 0 amide bonds. The standard InChI is InChI=1S/C15H14BrClO/c1-10-6-12(9-14(17)7-10)15(18)8-11-2-4-13(16)5-3-11/h2-7,9,15,18H,8H2,1H3. The van der Waals surface area contributed by atoms with E-state index in [1.807, 2.05) is 49.4 Å². The predicted octanol–water partition coefficient (Wildman–Crippen LogP) is 4.69. The Morgan fingerprint density at radius 2 is 1.83 bits per heavy atom. The van der Waals surface area contributed by atoms with Gasteiger partial charge in [0.05, 0.1) is 6.10 Å². The minimum Gasteiger partial charge on any atom is -0.388 e. The zero-order valence-corrected chi connectivity index (χ0v) is 12.4. The maximum absolute atomic E-state index is 10.2. The molecule has 1 unspecified atom stereocenters. The fourth-order valence-corrected chi connectivity index (χ4v) is 2.48. The molecule has 0 saturated heterocycles. The van der Waals surface area contributed by atoms with Gasteiger partial charge in [0, 0.05) is 15.9 Å². The van der Waals surface area contributed by atoms with E-state index >= 15 is 0 Å². The second-order valence-corrected chi connectivity index (χ2v) is 5.76. The molecule has 0 aliphatic carbocycles. The van der Waals surface area contributed by atoms with Gasteiger partial charge in [0.2, 0.25) is 0 Å². The van der Waals surface area contributed by atoms with Crippen LogP contribution in [0.3, 0.4) is 0 Å². The summed E-state index contributed by atoms with van der Waals surface area (Å²) in [6, 6.07) is 13.6. The normalized spacial score (nSPS) is 12.4. The van der Waals surface area contributed by atoms with Gasteiger partial charge in [-0.15, -0.1) is 0 Å². The van der Waals surface area contributed by atoms with E-state index in [4.69, 9.17) is 11.6 Å². The van der Waals surface area contributed by atoms with E-state index < -0.39 is 6.10 Å². The van der Waals surface area contributed by atoms with E-state index in [2.05, 4.69) is 15.9 Å². The molecule has 0 aromatic heterocycles. The van der Waals surface area contributed by atoms with Crippen molar-refractivity contribution in [3.63, 3.8) is 0 Å². The lowest BCUT2D eigenvalue weighted by atomic mass is 10.0. The van der Waals surface area contributed by atoms with Crippen LogP contribution in [0.25, 0.3) is 0 Å². The average Bonchev–Trinajstić information content (AvgIpc) is 2.31. The van der Waals surface area contributed by atoms with Crippen molar-refractivity contribution in [2.24, 2.45) is 0 Å². The minimum atomic E-state index is -0.524. The second-order valence-electron chi connectivity index (χ2n) is 4.41. The largest absolute Gasteiger partial charge is 0.388 e. The molecule has 1 atom stereocenters. The van der Waals surface area contributed by atoms with Crippen LogP contribution >= 0.6 is 27.5 Å². The highest BCUT2D eigenvalue weighted by Gasteiger charge is 2.10. The van der Waals surface area contributed by atoms with Gasteiger partial charge in [-0.2, -0.15) is 0 Å². The number of hydrogen-bond donors (Lipinski definition) is 1. The predicted molar refractivity (Wildman–Crippen MR) is 79.0 cm³/mol. The molecular formula is C15H14BrClO. The van der Waals surface area contributed by atoms with Gasteiger partial charge in [0.25, 0.3) is 0 Å². The van der Waals surface area contributed by atoms with Gasteiger partial charge in [0.15, 0.2) is 0 Å². The summed E-state index contributed by atoms with van der Waals surface area (Å²) in [5.41, 5.74) is 3.03. The Labute approximate surface area is 121 Å². The van der Waals surface area contributed by atoms with Crippen LogP contribution in [-0.4, -0.2) is 5.11 Å². The summed E-state index contributed by atoms with van der Waals surface area (Å²) in [4.78, 5) is 0. The van der Waals surface area contributed by atoms with E-state index in [0.717, 1.165) is 21.2 Å². The second kappa shape index (κ2) is 5.87. The molecule has 1 N–H and O–H groups in total. The summed E-state index contributed by atoms with van der Waals surface area (Å²) >= 11 is 9.40. The maximum atomic E-state index is 10.2. The third-order valence-corrected chi connectivity index (χ3v) is 3.54. The van der Waals surface area contributed by atoms with Gasteiger partial charge in [-0.05, 0) is 47.9 Å². The molecule has 0 aliphatic rings. The molecule has 94 valence electrons. The van der Waals surface area contributed by atoms with Crippen molar-refractivity contribution in [3.05, 3.63) is 68.7 Å². The molecule has 0 heterocycles. The van der Waals surface area contributed by atoms with Crippen LogP contribution in [0, 0.1) is 6.92 Å². The zero-order chi connectivity index (χ0) is 13.1. The lowest BCUT2D eigenvalue weighted by Crippen LogP contribution is -2.02. The number of hydrogen-bond acceptors (Lipinski definition) is 1. The van der Waals surface area contributed by atoms with E-state index in [-0.39, 0.29) is 0 Å². The van der Waals surface area contributed by atoms with Crippen LogP contribution in [0.5, 0.6) is 0 Å². The molecule has 2 rings (SSSR count). The van der Waals surface area contributed by atoms with Crippen molar-refractivity contribution in [3.8, 4) is 0 Å². The fraction of sp³-hybridized carbons (Fsp3) is 0.200. The Morgan fingerprint density at radius 1 is 1.17 bits per heavy atom. The van der Waals surface area contributed by atoms with Gasteiger partial charge in [-0.3, -0.25) is 0 Å². The van der Waals surface area contributed by atoms with Crippen molar-refractivity contribution < 1.29 is 5.11 Å². The number of benzene rings is 2. The van der Waals surface area contributed by atoms with E-state index in [1.54, 1.807) is 0 Å². The maximum Gasteiger partial charge on any atom is 0.0830 e. The highest BCUT2D eigenvalue weighted by atomic mass is 79.9. The van der Waals surface area contributed by atoms with Crippen LogP contribution < -0.4 is 0 Å². The number of aliphatic hydroxyl groups is 1. The SMILES string of the molecule is Cc1cc(Cl)cc(C(O)Cc2ccc(Br)cc2)c1. The molecule has 1 nitrogen and oxygen atoms in total. The van der Waals surface area contributed by atoms with Gasteiger partial charge in [-0.25, -0.2) is 0 Å². The van der Waals surface area contributed by atoms with Gasteiger partial charge >= 0.3 is 0 Å². The summed E-state index contributed by atoms with van der Waals surface area (Å²) in [6.07, 6.45) is 0.0659. The van der Waals surface area contributed by atoms with Gasteiger partial charge in [0.1, 0.15) is 0 Å². The van der Waals surface area contributed by atoms with Gasteiger partial charge in [-0.1, -0.05) is 45.7 Å². The summed E-state index contributed by atoms with van der Waals surface area (Å²) in [5.74, 6) is 0. The molecule has 0 bridgehead atoms. The monoisotopic (exact) mass is 324 g/mol. The van der Waals surface area contributed by atoms with Crippen LogP contribution in [0.1, 0.15) is 22.8 Å². The fourth-order valence-electron chi connectivity index (χ4n) is 1.92. The highest BCUT2D eigenvalue weighted by Crippen LogP contribution is 2.23. The quantitative estimate of drug-likeness (QED) is 0.868. The Balaban J connectivity index is 2.16. The first-order chi connectivity index (χ1) is 8.54. The molecule has 2 aromatic carbocycles. The number of rotatable bonds is 3. The summed E-state index contributed by atoms with van der Waals surface area (Å²) in [5, 5.41) is 10.9. The van der Waals surface area contributed by atoms with Gasteiger partial charge < -0.3 is 5.11 Å². The molecule has 0 aliphatic heterocycles. The molecule has 0 saturated carbocycles. The van der Waals surface area contributed by atoms with Crippen LogP contribution in [0.2, 0.25) is 5.02 Å². The number of aliphatic hydroxyl groups excluding tert-OH is 1. The molecule has 18 heavy (non-hydrogen) atoms. The first-order valence-electron chi connectivity index (χ1n) is 5.74. The van der Waals surface area contributed by atoms with E-state index in [1.165, 1.54) is 0 Å². The van der Waals surface area contributed by atoms with Crippen LogP contribution in [-0.2, 0) is 6.42 Å². The smallest absolute Gasteiger partial charge is 0.0830 e. The number of halogens is 2. The van der Waals surface area contributed by atoms with Crippen molar-refractivity contribution in [1.29, 1.82) is 0 Å². The Bertz CT molecular complexity index is 516. The first kappa shape index (κ1) is 13.6. The zero-order valence-electron chi connectivity index (χ0n) is 10.0. The highest BCUT2D eigenvalue weighted by molar-refractivity contribution is 9.10. The lowest BCUT2D eigenvalue weighted by molar-refractivity contribution is 0.178. The third-order valence-electron chi connectivity index (χ3n) is 2.79. The molecule has 2 aromatic rings. The van der Waals surface area contributed by atoms with Crippen molar-refractivity contribution >= 4 is 27.5 Å². The number of aryl methyl sites for hydroxylation is 1. The summed E-state index contributed by atoms with van der Waals surface area (Å²) < 4.78 is 1.04. The molecular weight excluding hydrogens is 312 g/mol. The van der Waals surface area contributed by atoms with Crippen LogP contribution in [0.15, 0.2) is 46.9 Å². The van der Waals surface area contributed by atoms with Crippen LogP contribution in [0.4, 0.5) is 0 Å².